The minimum Gasteiger partial charge on any atom is -0.493 e. The molecule has 2 aliphatic heterocycles. The van der Waals surface area contributed by atoms with Gasteiger partial charge in [-0.3, -0.25) is 9.80 Å². The molecule has 1 unspecified atom stereocenters. The van der Waals surface area contributed by atoms with E-state index in [4.69, 9.17) is 28.4 Å². The zero-order valence-corrected chi connectivity index (χ0v) is 29.6. The highest BCUT2D eigenvalue weighted by Crippen LogP contribution is 2.39. The normalized spacial score (nSPS) is 20.5. The minimum absolute atomic E-state index is 0.1000. The SMILES string of the molecule is COc1ccc(C(O)[C@H]2COC(C)(C)N2C(=O)OCc2ccccc2)cc1Oc1ccc(C[C@H]2COC(C)(C)N2C(=O)OC(C)(C)C)cc1. The molecule has 0 bridgehead atoms. The van der Waals surface area contributed by atoms with E-state index in [1.165, 1.54) is 4.90 Å². The number of carbonyl (C=O) groups excluding carboxylic acids is 2. The maximum Gasteiger partial charge on any atom is 0.412 e. The molecule has 2 saturated heterocycles. The smallest absolute Gasteiger partial charge is 0.412 e. The number of amides is 2. The van der Waals surface area contributed by atoms with Gasteiger partial charge in [0.2, 0.25) is 0 Å². The van der Waals surface area contributed by atoms with Crippen LogP contribution in [0.5, 0.6) is 17.2 Å². The zero-order chi connectivity index (χ0) is 35.6. The Kier molecular flexibility index (Phi) is 10.5. The Labute approximate surface area is 288 Å². The van der Waals surface area contributed by atoms with Crippen LogP contribution in [0.4, 0.5) is 9.59 Å². The van der Waals surface area contributed by atoms with Gasteiger partial charge < -0.3 is 33.5 Å². The fraction of sp³-hybridized carbons (Fsp3) is 0.474. The third-order valence-corrected chi connectivity index (χ3v) is 8.60. The second kappa shape index (κ2) is 14.3. The standard InChI is InChI=1S/C38H48N2O9/c1-36(2,3)49-35(43)39-28(23-46-37(39,4)5)20-25-14-17-29(18-15-25)48-32-21-27(16-19-31(32)44-8)33(41)30-24-47-38(6,7)40(30)34(42)45-22-26-12-10-9-11-13-26/h9-19,21,28,30,33,41H,20,22-24H2,1-8H3/t28-,30+,33?/m0/s1. The topological polar surface area (TPSA) is 116 Å². The van der Waals surface area contributed by atoms with Crippen LogP contribution in [0.3, 0.4) is 0 Å². The fourth-order valence-electron chi connectivity index (χ4n) is 6.20. The van der Waals surface area contributed by atoms with Crippen LogP contribution in [0.15, 0.2) is 72.8 Å². The Bertz CT molecular complexity index is 1600. The van der Waals surface area contributed by atoms with Crippen molar-refractivity contribution in [1.29, 1.82) is 0 Å². The number of aliphatic hydroxyl groups is 1. The van der Waals surface area contributed by atoms with Crippen molar-refractivity contribution in [3.63, 3.8) is 0 Å². The third kappa shape index (κ3) is 8.46. The number of hydrogen-bond acceptors (Lipinski definition) is 9. The molecule has 2 fully saturated rings. The van der Waals surface area contributed by atoms with Gasteiger partial charge in [-0.2, -0.15) is 0 Å². The molecule has 264 valence electrons. The summed E-state index contributed by atoms with van der Waals surface area (Å²) in [6.45, 7) is 13.4. The zero-order valence-electron chi connectivity index (χ0n) is 29.6. The quantitative estimate of drug-likeness (QED) is 0.251. The maximum atomic E-state index is 13.3. The lowest BCUT2D eigenvalue weighted by Crippen LogP contribution is -2.50. The lowest BCUT2D eigenvalue weighted by molar-refractivity contribution is -0.0624. The summed E-state index contributed by atoms with van der Waals surface area (Å²) >= 11 is 0. The predicted octanol–water partition coefficient (Wildman–Crippen LogP) is 7.21. The first-order chi connectivity index (χ1) is 23.1. The highest BCUT2D eigenvalue weighted by molar-refractivity contribution is 5.70. The van der Waals surface area contributed by atoms with Crippen LogP contribution >= 0.6 is 0 Å². The van der Waals surface area contributed by atoms with Gasteiger partial charge in [-0.15, -0.1) is 0 Å². The van der Waals surface area contributed by atoms with Gasteiger partial charge in [0, 0.05) is 0 Å². The van der Waals surface area contributed by atoms with Gasteiger partial charge >= 0.3 is 12.2 Å². The number of rotatable bonds is 9. The van der Waals surface area contributed by atoms with Crippen molar-refractivity contribution in [2.75, 3.05) is 20.3 Å². The molecular formula is C38H48N2O9. The summed E-state index contributed by atoms with van der Waals surface area (Å²) in [4.78, 5) is 29.5. The van der Waals surface area contributed by atoms with Crippen molar-refractivity contribution < 1.29 is 43.1 Å². The molecular weight excluding hydrogens is 628 g/mol. The molecule has 49 heavy (non-hydrogen) atoms. The van der Waals surface area contributed by atoms with Crippen molar-refractivity contribution in [2.45, 2.75) is 96.7 Å². The summed E-state index contributed by atoms with van der Waals surface area (Å²) < 4.78 is 35.0. The number of methoxy groups -OCH3 is 1. The number of benzene rings is 3. The average molecular weight is 677 g/mol. The summed E-state index contributed by atoms with van der Waals surface area (Å²) in [7, 11) is 1.54. The van der Waals surface area contributed by atoms with Crippen molar-refractivity contribution in [2.24, 2.45) is 0 Å². The Morgan fingerprint density at radius 1 is 0.857 bits per heavy atom. The van der Waals surface area contributed by atoms with Gasteiger partial charge in [-0.25, -0.2) is 9.59 Å². The van der Waals surface area contributed by atoms with Crippen LogP contribution in [0, 0.1) is 0 Å². The van der Waals surface area contributed by atoms with E-state index in [1.54, 1.807) is 44.1 Å². The Hall–Kier alpha value is -4.32. The van der Waals surface area contributed by atoms with E-state index in [1.807, 2.05) is 89.2 Å². The molecule has 0 saturated carbocycles. The molecule has 11 nitrogen and oxygen atoms in total. The van der Waals surface area contributed by atoms with Gasteiger partial charge in [-0.05, 0) is 95.8 Å². The molecule has 3 aromatic carbocycles. The molecule has 5 rings (SSSR count). The van der Waals surface area contributed by atoms with Crippen LogP contribution < -0.4 is 9.47 Å². The van der Waals surface area contributed by atoms with Crippen molar-refractivity contribution in [3.8, 4) is 17.2 Å². The lowest BCUT2D eigenvalue weighted by Gasteiger charge is -2.35. The monoisotopic (exact) mass is 676 g/mol. The summed E-state index contributed by atoms with van der Waals surface area (Å²) in [6, 6.07) is 21.2. The van der Waals surface area contributed by atoms with Crippen LogP contribution in [-0.4, -0.2) is 76.6 Å². The summed E-state index contributed by atoms with van der Waals surface area (Å²) in [5.41, 5.74) is -0.0328. The third-order valence-electron chi connectivity index (χ3n) is 8.60. The van der Waals surface area contributed by atoms with Crippen LogP contribution in [0.2, 0.25) is 0 Å². The molecule has 2 aliphatic rings. The molecule has 1 N–H and O–H groups in total. The molecule has 0 aromatic heterocycles. The van der Waals surface area contributed by atoms with E-state index < -0.39 is 41.4 Å². The lowest BCUT2D eigenvalue weighted by atomic mass is 10.0. The van der Waals surface area contributed by atoms with Crippen molar-refractivity contribution in [3.05, 3.63) is 89.5 Å². The molecule has 0 aliphatic carbocycles. The van der Waals surface area contributed by atoms with Crippen LogP contribution in [-0.2, 0) is 32.0 Å². The van der Waals surface area contributed by atoms with E-state index in [2.05, 4.69) is 0 Å². The van der Waals surface area contributed by atoms with Crippen LogP contribution in [0.1, 0.15) is 71.3 Å². The van der Waals surface area contributed by atoms with E-state index in [0.717, 1.165) is 11.1 Å². The maximum absolute atomic E-state index is 13.3. The highest BCUT2D eigenvalue weighted by atomic mass is 16.6. The second-order valence-corrected chi connectivity index (χ2v) is 14.3. The first-order valence-corrected chi connectivity index (χ1v) is 16.5. The first-order valence-electron chi connectivity index (χ1n) is 16.5. The molecule has 2 heterocycles. The fourth-order valence-corrected chi connectivity index (χ4v) is 6.20. The Morgan fingerprint density at radius 2 is 1.51 bits per heavy atom. The largest absolute Gasteiger partial charge is 0.493 e. The van der Waals surface area contributed by atoms with Gasteiger partial charge in [0.25, 0.3) is 0 Å². The predicted molar refractivity (Wildman–Crippen MR) is 182 cm³/mol. The number of nitrogens with zero attached hydrogens (tertiary/aromatic N) is 2. The van der Waals surface area contributed by atoms with Crippen LogP contribution in [0.25, 0.3) is 0 Å². The van der Waals surface area contributed by atoms with E-state index in [9.17, 15) is 14.7 Å². The molecule has 3 aromatic rings. The Balaban J connectivity index is 1.28. The number of hydrogen-bond donors (Lipinski definition) is 1. The summed E-state index contributed by atoms with van der Waals surface area (Å²) in [5, 5.41) is 11.6. The molecule has 0 spiro atoms. The first kappa shape index (κ1) is 36.0. The second-order valence-electron chi connectivity index (χ2n) is 14.3. The summed E-state index contributed by atoms with van der Waals surface area (Å²) in [5.74, 6) is 1.42. The highest BCUT2D eigenvalue weighted by Gasteiger charge is 2.48. The molecule has 0 radical (unpaired) electrons. The van der Waals surface area contributed by atoms with Gasteiger partial charge in [0.1, 0.15) is 35.5 Å². The number of carbonyl (C=O) groups is 2. The number of aliphatic hydroxyl groups excluding tert-OH is 1. The number of ether oxygens (including phenoxy) is 6. The molecule has 2 amide bonds. The average Bonchev–Trinajstić information content (AvgIpc) is 3.53. The van der Waals surface area contributed by atoms with Gasteiger partial charge in [0.15, 0.2) is 11.5 Å². The van der Waals surface area contributed by atoms with E-state index in [0.29, 0.717) is 35.8 Å². The van der Waals surface area contributed by atoms with E-state index >= 15 is 0 Å². The molecule has 11 heteroatoms. The van der Waals surface area contributed by atoms with Crippen molar-refractivity contribution in [1.82, 2.24) is 9.80 Å². The van der Waals surface area contributed by atoms with E-state index in [-0.39, 0.29) is 19.3 Å². The summed E-state index contributed by atoms with van der Waals surface area (Å²) in [6.07, 6.45) is -1.53. The molecule has 3 atom stereocenters. The Morgan fingerprint density at radius 3 is 2.16 bits per heavy atom. The van der Waals surface area contributed by atoms with Crippen molar-refractivity contribution >= 4 is 12.2 Å². The van der Waals surface area contributed by atoms with Gasteiger partial charge in [0.05, 0.1) is 32.4 Å². The minimum atomic E-state index is -1.10. The van der Waals surface area contributed by atoms with Gasteiger partial charge in [-0.1, -0.05) is 48.5 Å².